The van der Waals surface area contributed by atoms with Gasteiger partial charge in [0.25, 0.3) is 0 Å². The van der Waals surface area contributed by atoms with E-state index in [1.54, 1.807) is 12.1 Å². The van der Waals surface area contributed by atoms with Crippen LogP contribution in [0.5, 0.6) is 0 Å². The van der Waals surface area contributed by atoms with Crippen molar-refractivity contribution in [2.75, 3.05) is 11.5 Å². The van der Waals surface area contributed by atoms with Gasteiger partial charge < -0.3 is 11.5 Å². The maximum absolute atomic E-state index is 9.44. The van der Waals surface area contributed by atoms with Crippen LogP contribution >= 0.6 is 0 Å². The first-order chi connectivity index (χ1) is 11.7. The molecule has 3 heterocycles. The van der Waals surface area contributed by atoms with Crippen molar-refractivity contribution in [2.24, 2.45) is 0 Å². The maximum atomic E-state index is 9.44. The molecule has 3 aromatic heterocycles. The van der Waals surface area contributed by atoms with Crippen LogP contribution in [-0.2, 0) is 0 Å². The summed E-state index contributed by atoms with van der Waals surface area (Å²) < 4.78 is 1.99. The summed E-state index contributed by atoms with van der Waals surface area (Å²) >= 11 is 0. The van der Waals surface area contributed by atoms with Crippen molar-refractivity contribution in [3.8, 4) is 17.3 Å². The van der Waals surface area contributed by atoms with Gasteiger partial charge in [0.2, 0.25) is 5.82 Å². The number of imidazole rings is 1. The van der Waals surface area contributed by atoms with Gasteiger partial charge in [0.15, 0.2) is 5.65 Å². The van der Waals surface area contributed by atoms with Gasteiger partial charge in [0.1, 0.15) is 23.2 Å². The van der Waals surface area contributed by atoms with Crippen molar-refractivity contribution in [3.05, 3.63) is 30.1 Å². The monoisotopic (exact) mass is 319 g/mol. The first kappa shape index (κ1) is 14.5. The number of hydrogen-bond donors (Lipinski definition) is 2. The molecule has 3 aromatic rings. The van der Waals surface area contributed by atoms with E-state index >= 15 is 0 Å². The van der Waals surface area contributed by atoms with E-state index in [1.807, 2.05) is 16.7 Å². The normalized spacial score (nSPS) is 15.0. The van der Waals surface area contributed by atoms with Crippen LogP contribution < -0.4 is 11.5 Å². The molecule has 0 saturated heterocycles. The van der Waals surface area contributed by atoms with Crippen molar-refractivity contribution in [3.63, 3.8) is 0 Å². The Hall–Kier alpha value is -3.14. The zero-order valence-electron chi connectivity index (χ0n) is 13.1. The molecular weight excluding hydrogens is 302 g/mol. The summed E-state index contributed by atoms with van der Waals surface area (Å²) in [7, 11) is 0. The van der Waals surface area contributed by atoms with E-state index in [-0.39, 0.29) is 0 Å². The molecule has 0 bridgehead atoms. The Balaban J connectivity index is 1.90. The third kappa shape index (κ3) is 2.33. The smallest absolute Gasteiger partial charge is 0.215 e. The minimum absolute atomic E-state index is 0.292. The number of hydrogen-bond acceptors (Lipinski definition) is 6. The van der Waals surface area contributed by atoms with Crippen molar-refractivity contribution >= 4 is 22.8 Å². The molecule has 0 radical (unpaired) electrons. The highest BCUT2D eigenvalue weighted by molar-refractivity contribution is 5.78. The van der Waals surface area contributed by atoms with E-state index in [1.165, 1.54) is 12.8 Å². The second kappa shape index (κ2) is 5.49. The second-order valence-electron chi connectivity index (χ2n) is 6.10. The van der Waals surface area contributed by atoms with Gasteiger partial charge in [-0.2, -0.15) is 5.26 Å². The Morgan fingerprint density at radius 2 is 1.75 bits per heavy atom. The lowest BCUT2D eigenvalue weighted by atomic mass is 10.1. The largest absolute Gasteiger partial charge is 0.384 e. The topological polar surface area (TPSA) is 119 Å². The van der Waals surface area contributed by atoms with Gasteiger partial charge in [0, 0.05) is 11.6 Å². The number of fused-ring (bicyclic) bond motifs is 1. The average molecular weight is 319 g/mol. The number of anilines is 2. The predicted molar refractivity (Wildman–Crippen MR) is 91.8 cm³/mol. The van der Waals surface area contributed by atoms with Crippen molar-refractivity contribution in [1.29, 1.82) is 5.26 Å². The molecule has 1 saturated carbocycles. The molecule has 7 heteroatoms. The van der Waals surface area contributed by atoms with E-state index in [0.717, 1.165) is 35.3 Å². The minimum atomic E-state index is 0.292. The maximum Gasteiger partial charge on any atom is 0.215 e. The van der Waals surface area contributed by atoms with Crippen molar-refractivity contribution in [1.82, 2.24) is 19.5 Å². The molecule has 0 aromatic carbocycles. The Kier molecular flexibility index (Phi) is 3.31. The van der Waals surface area contributed by atoms with Crippen molar-refractivity contribution in [2.45, 2.75) is 31.7 Å². The van der Waals surface area contributed by atoms with Crippen LogP contribution in [0.3, 0.4) is 0 Å². The van der Waals surface area contributed by atoms with Crippen LogP contribution in [0.2, 0.25) is 0 Å². The van der Waals surface area contributed by atoms with Crippen LogP contribution in [0.1, 0.15) is 37.5 Å². The van der Waals surface area contributed by atoms with E-state index in [4.69, 9.17) is 16.5 Å². The van der Waals surface area contributed by atoms with Gasteiger partial charge in [-0.3, -0.25) is 4.57 Å². The minimum Gasteiger partial charge on any atom is -0.384 e. The number of rotatable bonds is 2. The summed E-state index contributed by atoms with van der Waals surface area (Å²) in [4.78, 5) is 13.2. The molecule has 1 fully saturated rings. The molecule has 0 spiro atoms. The van der Waals surface area contributed by atoms with Gasteiger partial charge in [0.05, 0.1) is 5.69 Å². The van der Waals surface area contributed by atoms with Gasteiger partial charge in [-0.05, 0) is 37.1 Å². The molecular formula is C17H17N7. The van der Waals surface area contributed by atoms with Gasteiger partial charge in [-0.15, -0.1) is 0 Å². The third-order valence-corrected chi connectivity index (χ3v) is 4.49. The predicted octanol–water partition coefficient (Wildman–Crippen LogP) is 2.64. The Morgan fingerprint density at radius 1 is 1.04 bits per heavy atom. The van der Waals surface area contributed by atoms with E-state index in [0.29, 0.717) is 23.5 Å². The molecule has 0 aliphatic heterocycles. The van der Waals surface area contributed by atoms with Crippen LogP contribution in [0.25, 0.3) is 22.4 Å². The summed E-state index contributed by atoms with van der Waals surface area (Å²) in [6, 6.07) is 9.73. The molecule has 24 heavy (non-hydrogen) atoms. The highest BCUT2D eigenvalue weighted by Crippen LogP contribution is 2.34. The van der Waals surface area contributed by atoms with Crippen LogP contribution in [-0.4, -0.2) is 19.5 Å². The zero-order chi connectivity index (χ0) is 16.7. The van der Waals surface area contributed by atoms with Crippen molar-refractivity contribution < 1.29 is 0 Å². The Labute approximate surface area is 139 Å². The standard InChI is InChI=1S/C17H17N7/c18-9-16-21-13-6-5-12(10-7-14(19)23-15(20)8-10)22-17(13)24(16)11-3-1-2-4-11/h5-8,11H,1-4H2,(H4,19,20,23). The van der Waals surface area contributed by atoms with E-state index < -0.39 is 0 Å². The number of nitrogen functional groups attached to an aromatic ring is 2. The number of pyridine rings is 2. The third-order valence-electron chi connectivity index (χ3n) is 4.49. The van der Waals surface area contributed by atoms with Crippen LogP contribution in [0, 0.1) is 11.3 Å². The summed E-state index contributed by atoms with van der Waals surface area (Å²) in [6.07, 6.45) is 4.46. The number of nitriles is 1. The Morgan fingerprint density at radius 3 is 2.42 bits per heavy atom. The molecule has 0 atom stereocenters. The van der Waals surface area contributed by atoms with Gasteiger partial charge in [-0.25, -0.2) is 15.0 Å². The number of nitrogens with zero attached hydrogens (tertiary/aromatic N) is 5. The molecule has 0 amide bonds. The quantitative estimate of drug-likeness (QED) is 0.749. The molecule has 4 rings (SSSR count). The Bertz CT molecular complexity index is 941. The summed E-state index contributed by atoms with van der Waals surface area (Å²) in [5.74, 6) is 1.14. The fourth-order valence-electron chi connectivity index (χ4n) is 3.44. The molecule has 1 aliphatic carbocycles. The zero-order valence-corrected chi connectivity index (χ0v) is 13.1. The SMILES string of the molecule is N#Cc1nc2ccc(-c3cc(N)nc(N)c3)nc2n1C1CCCC1. The molecule has 4 N–H and O–H groups in total. The lowest BCUT2D eigenvalue weighted by molar-refractivity contribution is 0.524. The first-order valence-corrected chi connectivity index (χ1v) is 7.98. The molecule has 7 nitrogen and oxygen atoms in total. The second-order valence-corrected chi connectivity index (χ2v) is 6.10. The fourth-order valence-corrected chi connectivity index (χ4v) is 3.44. The summed E-state index contributed by atoms with van der Waals surface area (Å²) in [5, 5.41) is 9.44. The fraction of sp³-hybridized carbons (Fsp3) is 0.294. The highest BCUT2D eigenvalue weighted by atomic mass is 15.2. The highest BCUT2D eigenvalue weighted by Gasteiger charge is 2.23. The average Bonchev–Trinajstić information content (AvgIpc) is 3.19. The van der Waals surface area contributed by atoms with Crippen LogP contribution in [0.15, 0.2) is 24.3 Å². The first-order valence-electron chi connectivity index (χ1n) is 7.98. The lowest BCUT2D eigenvalue weighted by Crippen LogP contribution is -2.08. The van der Waals surface area contributed by atoms with Gasteiger partial charge in [-0.1, -0.05) is 12.8 Å². The van der Waals surface area contributed by atoms with Crippen LogP contribution in [0.4, 0.5) is 11.6 Å². The molecule has 120 valence electrons. The number of aromatic nitrogens is 4. The van der Waals surface area contributed by atoms with Gasteiger partial charge >= 0.3 is 0 Å². The molecule has 0 unspecified atom stereocenters. The summed E-state index contributed by atoms with van der Waals surface area (Å²) in [6.45, 7) is 0. The van der Waals surface area contributed by atoms with E-state index in [2.05, 4.69) is 16.0 Å². The lowest BCUT2D eigenvalue weighted by Gasteiger charge is -2.13. The molecule has 1 aliphatic rings. The van der Waals surface area contributed by atoms with E-state index in [9.17, 15) is 5.26 Å². The number of nitrogens with two attached hydrogens (primary N) is 2. The summed E-state index contributed by atoms with van der Waals surface area (Å²) in [5.41, 5.74) is 14.6.